The molecule has 2 fully saturated rings. The Bertz CT molecular complexity index is 457. The topological polar surface area (TPSA) is 70.1 Å². The number of hydrogen-bond donors (Lipinski definition) is 1. The lowest BCUT2D eigenvalue weighted by Gasteiger charge is -2.22. The van der Waals surface area contributed by atoms with Crippen LogP contribution in [0.3, 0.4) is 0 Å². The molecule has 0 radical (unpaired) electrons. The fraction of sp³-hybridized carbons (Fsp3) is 0.895. The minimum Gasteiger partial charge on any atom is -0.391 e. The van der Waals surface area contributed by atoms with Crippen LogP contribution in [-0.2, 0) is 14.3 Å². The SMILES string of the molecule is CCC(=O)C(C)CN1CCC(OCCC(C)C(=O)N2CC[C@@H](O)C2)C1. The summed E-state index contributed by atoms with van der Waals surface area (Å²) in [5, 5.41) is 9.54. The van der Waals surface area contributed by atoms with Crippen molar-refractivity contribution in [1.29, 1.82) is 0 Å². The van der Waals surface area contributed by atoms with Gasteiger partial charge in [-0.25, -0.2) is 0 Å². The first-order chi connectivity index (χ1) is 11.9. The summed E-state index contributed by atoms with van der Waals surface area (Å²) in [5.41, 5.74) is 0. The van der Waals surface area contributed by atoms with Gasteiger partial charge >= 0.3 is 0 Å². The zero-order valence-electron chi connectivity index (χ0n) is 15.9. The normalized spacial score (nSPS) is 26.8. The summed E-state index contributed by atoms with van der Waals surface area (Å²) in [7, 11) is 0. The molecular formula is C19H34N2O4. The van der Waals surface area contributed by atoms with Crippen LogP contribution >= 0.6 is 0 Å². The number of aliphatic hydroxyl groups is 1. The van der Waals surface area contributed by atoms with Crippen molar-refractivity contribution in [3.8, 4) is 0 Å². The van der Waals surface area contributed by atoms with Crippen molar-refractivity contribution < 1.29 is 19.4 Å². The number of Topliss-reactive ketones (excluding diaryl/α,β-unsaturated/α-hetero) is 1. The van der Waals surface area contributed by atoms with Gasteiger partial charge in [0.1, 0.15) is 5.78 Å². The molecule has 1 N–H and O–H groups in total. The minimum atomic E-state index is -0.362. The van der Waals surface area contributed by atoms with Crippen molar-refractivity contribution in [1.82, 2.24) is 9.80 Å². The quantitative estimate of drug-likeness (QED) is 0.676. The predicted octanol–water partition coefficient (Wildman–Crippen LogP) is 1.31. The van der Waals surface area contributed by atoms with Gasteiger partial charge in [-0.05, 0) is 19.3 Å². The third kappa shape index (κ3) is 6.04. The van der Waals surface area contributed by atoms with Gasteiger partial charge in [0.15, 0.2) is 0 Å². The fourth-order valence-corrected chi connectivity index (χ4v) is 3.73. The van der Waals surface area contributed by atoms with Crippen LogP contribution in [0.15, 0.2) is 0 Å². The molecule has 2 rings (SSSR count). The first-order valence-corrected chi connectivity index (χ1v) is 9.74. The Morgan fingerprint density at radius 2 is 1.92 bits per heavy atom. The summed E-state index contributed by atoms with van der Waals surface area (Å²) in [5.74, 6) is 0.478. The largest absolute Gasteiger partial charge is 0.391 e. The van der Waals surface area contributed by atoms with E-state index in [4.69, 9.17) is 4.74 Å². The number of hydrogen-bond acceptors (Lipinski definition) is 5. The highest BCUT2D eigenvalue weighted by atomic mass is 16.5. The van der Waals surface area contributed by atoms with Crippen molar-refractivity contribution in [2.45, 2.75) is 58.7 Å². The number of carbonyl (C=O) groups is 2. The zero-order valence-corrected chi connectivity index (χ0v) is 15.9. The summed E-state index contributed by atoms with van der Waals surface area (Å²) in [6.07, 6.45) is 2.85. The number of amides is 1. The Balaban J connectivity index is 1.62. The second kappa shape index (κ2) is 9.64. The Hall–Kier alpha value is -0.980. The smallest absolute Gasteiger partial charge is 0.225 e. The highest BCUT2D eigenvalue weighted by Gasteiger charge is 2.29. The van der Waals surface area contributed by atoms with E-state index < -0.39 is 0 Å². The van der Waals surface area contributed by atoms with Crippen LogP contribution in [0.2, 0.25) is 0 Å². The van der Waals surface area contributed by atoms with Gasteiger partial charge in [0.05, 0.1) is 12.2 Å². The second-order valence-electron chi connectivity index (χ2n) is 7.68. The molecule has 0 aromatic heterocycles. The summed E-state index contributed by atoms with van der Waals surface area (Å²) in [6, 6.07) is 0. The molecule has 0 saturated carbocycles. The third-order valence-corrected chi connectivity index (χ3v) is 5.46. The second-order valence-corrected chi connectivity index (χ2v) is 7.68. The van der Waals surface area contributed by atoms with Gasteiger partial charge in [-0.3, -0.25) is 14.5 Å². The van der Waals surface area contributed by atoms with Crippen molar-refractivity contribution in [3.05, 3.63) is 0 Å². The molecule has 0 spiro atoms. The summed E-state index contributed by atoms with van der Waals surface area (Å²) in [6.45, 7) is 10.3. The van der Waals surface area contributed by atoms with Gasteiger partial charge in [0.2, 0.25) is 5.91 Å². The molecule has 6 heteroatoms. The first kappa shape index (κ1) is 20.3. The molecule has 4 atom stereocenters. The number of rotatable bonds is 9. The monoisotopic (exact) mass is 354 g/mol. The van der Waals surface area contributed by atoms with E-state index in [1.165, 1.54) is 0 Å². The first-order valence-electron chi connectivity index (χ1n) is 9.74. The van der Waals surface area contributed by atoms with Crippen LogP contribution in [0.25, 0.3) is 0 Å². The number of ketones is 1. The number of ether oxygens (including phenoxy) is 1. The predicted molar refractivity (Wildman–Crippen MR) is 96.2 cm³/mol. The molecular weight excluding hydrogens is 320 g/mol. The van der Waals surface area contributed by atoms with Gasteiger partial charge in [-0.1, -0.05) is 20.8 Å². The Kier molecular flexibility index (Phi) is 7.84. The Morgan fingerprint density at radius 1 is 1.16 bits per heavy atom. The van der Waals surface area contributed by atoms with E-state index in [1.54, 1.807) is 4.90 Å². The number of nitrogens with zero attached hydrogens (tertiary/aromatic N) is 2. The van der Waals surface area contributed by atoms with E-state index in [2.05, 4.69) is 4.90 Å². The van der Waals surface area contributed by atoms with E-state index in [-0.39, 0.29) is 30.0 Å². The molecule has 0 aliphatic carbocycles. The molecule has 0 aromatic rings. The maximum atomic E-state index is 12.3. The summed E-state index contributed by atoms with van der Waals surface area (Å²) >= 11 is 0. The van der Waals surface area contributed by atoms with Crippen LogP contribution in [0.1, 0.15) is 46.5 Å². The number of likely N-dealkylation sites (tertiary alicyclic amines) is 2. The fourth-order valence-electron chi connectivity index (χ4n) is 3.73. The van der Waals surface area contributed by atoms with Crippen LogP contribution in [0.5, 0.6) is 0 Å². The van der Waals surface area contributed by atoms with E-state index in [0.717, 1.165) is 26.1 Å². The van der Waals surface area contributed by atoms with Crippen molar-refractivity contribution >= 4 is 11.7 Å². The van der Waals surface area contributed by atoms with E-state index in [0.29, 0.717) is 44.7 Å². The molecule has 2 aliphatic rings. The van der Waals surface area contributed by atoms with Gasteiger partial charge in [0.25, 0.3) is 0 Å². The molecule has 144 valence electrons. The molecule has 2 saturated heterocycles. The number of β-amino-alcohol motifs (C(OH)–C–C–N with tert-alkyl or cyclic N) is 1. The van der Waals surface area contributed by atoms with Gasteiger partial charge in [-0.15, -0.1) is 0 Å². The molecule has 0 bridgehead atoms. The maximum Gasteiger partial charge on any atom is 0.225 e. The summed E-state index contributed by atoms with van der Waals surface area (Å²) < 4.78 is 5.96. The lowest BCUT2D eigenvalue weighted by molar-refractivity contribution is -0.135. The molecule has 1 amide bonds. The molecule has 2 heterocycles. The van der Waals surface area contributed by atoms with E-state index in [1.807, 2.05) is 20.8 Å². The maximum absolute atomic E-state index is 12.3. The highest BCUT2D eigenvalue weighted by molar-refractivity contribution is 5.80. The van der Waals surface area contributed by atoms with Crippen LogP contribution in [0, 0.1) is 11.8 Å². The lowest BCUT2D eigenvalue weighted by atomic mass is 10.0. The number of aliphatic hydroxyl groups excluding tert-OH is 1. The van der Waals surface area contributed by atoms with Gasteiger partial charge < -0.3 is 14.7 Å². The Labute approximate surface area is 151 Å². The third-order valence-electron chi connectivity index (χ3n) is 5.46. The van der Waals surface area contributed by atoms with Gasteiger partial charge in [-0.2, -0.15) is 0 Å². The van der Waals surface area contributed by atoms with Crippen LogP contribution in [-0.4, -0.2) is 78.1 Å². The zero-order chi connectivity index (χ0) is 18.4. The van der Waals surface area contributed by atoms with Crippen molar-refractivity contribution in [2.75, 3.05) is 39.3 Å². The van der Waals surface area contributed by atoms with Gasteiger partial charge in [0, 0.05) is 57.6 Å². The minimum absolute atomic E-state index is 0.0648. The summed E-state index contributed by atoms with van der Waals surface area (Å²) in [4.78, 5) is 28.1. The number of carbonyl (C=O) groups excluding carboxylic acids is 2. The van der Waals surface area contributed by atoms with Crippen LogP contribution in [0.4, 0.5) is 0 Å². The molecule has 2 aliphatic heterocycles. The van der Waals surface area contributed by atoms with Crippen molar-refractivity contribution in [3.63, 3.8) is 0 Å². The molecule has 0 aromatic carbocycles. The van der Waals surface area contributed by atoms with Crippen LogP contribution < -0.4 is 0 Å². The molecule has 3 unspecified atom stereocenters. The Morgan fingerprint density at radius 3 is 2.56 bits per heavy atom. The molecule has 6 nitrogen and oxygen atoms in total. The standard InChI is InChI=1S/C19H34N2O4/c1-4-18(23)15(3)11-20-8-6-17(13-20)25-10-7-14(2)19(24)21-9-5-16(22)12-21/h14-17,22H,4-13H2,1-3H3/t14?,15?,16-,17?/m1/s1. The van der Waals surface area contributed by atoms with E-state index in [9.17, 15) is 14.7 Å². The van der Waals surface area contributed by atoms with E-state index >= 15 is 0 Å². The van der Waals surface area contributed by atoms with Crippen molar-refractivity contribution in [2.24, 2.45) is 11.8 Å². The lowest BCUT2D eigenvalue weighted by Crippen LogP contribution is -2.34. The molecule has 25 heavy (non-hydrogen) atoms. The average molecular weight is 354 g/mol. The highest BCUT2D eigenvalue weighted by Crippen LogP contribution is 2.18. The average Bonchev–Trinajstić information content (AvgIpc) is 3.22.